The molecule has 0 radical (unpaired) electrons. The Bertz CT molecular complexity index is 488. The number of amides is 1. The van der Waals surface area contributed by atoms with Gasteiger partial charge < -0.3 is 11.1 Å². The molecule has 1 aliphatic carbocycles. The fraction of sp³-hybridized carbons (Fsp3) is 0.562. The second-order valence-corrected chi connectivity index (χ2v) is 6.63. The molecule has 0 bridgehead atoms. The number of carbonyl (C=O) groups is 1. The van der Waals surface area contributed by atoms with E-state index in [1.54, 1.807) is 12.1 Å². The number of hydrogen-bond acceptors (Lipinski definition) is 2. The van der Waals surface area contributed by atoms with E-state index in [4.69, 9.17) is 28.9 Å². The number of halogens is 2. The van der Waals surface area contributed by atoms with Gasteiger partial charge in [-0.25, -0.2) is 0 Å². The van der Waals surface area contributed by atoms with Crippen LogP contribution in [0.5, 0.6) is 0 Å². The standard InChI is InChI=1S/C16H22Cl2N2O/c1-2-3-10-4-6-12(7-5-10)20-16(21)11-8-13(17)15(18)14(19)9-11/h8-10,12H,2-7,19H2,1H3,(H,20,21). The number of nitrogens with two attached hydrogens (primary N) is 1. The lowest BCUT2D eigenvalue weighted by molar-refractivity contribution is 0.0921. The van der Waals surface area contributed by atoms with Crippen molar-refractivity contribution in [2.45, 2.75) is 51.5 Å². The summed E-state index contributed by atoms with van der Waals surface area (Å²) in [5.41, 5.74) is 6.55. The fourth-order valence-corrected chi connectivity index (χ4v) is 3.35. The van der Waals surface area contributed by atoms with E-state index >= 15 is 0 Å². The zero-order chi connectivity index (χ0) is 15.4. The van der Waals surface area contributed by atoms with Gasteiger partial charge in [0.05, 0.1) is 15.7 Å². The Morgan fingerprint density at radius 2 is 1.95 bits per heavy atom. The van der Waals surface area contributed by atoms with Crippen molar-refractivity contribution in [1.82, 2.24) is 5.32 Å². The Morgan fingerprint density at radius 3 is 2.52 bits per heavy atom. The Labute approximate surface area is 136 Å². The maximum Gasteiger partial charge on any atom is 0.251 e. The van der Waals surface area contributed by atoms with Gasteiger partial charge in [-0.1, -0.05) is 43.0 Å². The molecule has 1 fully saturated rings. The summed E-state index contributed by atoms with van der Waals surface area (Å²) >= 11 is 11.9. The summed E-state index contributed by atoms with van der Waals surface area (Å²) in [7, 11) is 0. The van der Waals surface area contributed by atoms with Crippen molar-refractivity contribution in [2.75, 3.05) is 5.73 Å². The van der Waals surface area contributed by atoms with E-state index < -0.39 is 0 Å². The van der Waals surface area contributed by atoms with E-state index in [2.05, 4.69) is 12.2 Å². The molecule has 0 spiro atoms. The first-order chi connectivity index (χ1) is 10.0. The Hall–Kier alpha value is -0.930. The average molecular weight is 329 g/mol. The van der Waals surface area contributed by atoms with Crippen molar-refractivity contribution in [3.8, 4) is 0 Å². The maximum atomic E-state index is 12.3. The maximum absolute atomic E-state index is 12.3. The lowest BCUT2D eigenvalue weighted by Crippen LogP contribution is -2.37. The molecule has 3 N–H and O–H groups in total. The zero-order valence-corrected chi connectivity index (χ0v) is 13.8. The van der Waals surface area contributed by atoms with Crippen LogP contribution in [-0.4, -0.2) is 11.9 Å². The average Bonchev–Trinajstić information content (AvgIpc) is 2.46. The second-order valence-electron chi connectivity index (χ2n) is 5.84. The Balaban J connectivity index is 1.93. The highest BCUT2D eigenvalue weighted by Crippen LogP contribution is 2.30. The van der Waals surface area contributed by atoms with Crippen molar-refractivity contribution >= 4 is 34.8 Å². The monoisotopic (exact) mass is 328 g/mol. The lowest BCUT2D eigenvalue weighted by atomic mass is 9.83. The zero-order valence-electron chi connectivity index (χ0n) is 12.3. The van der Waals surface area contributed by atoms with E-state index in [1.807, 2.05) is 0 Å². The summed E-state index contributed by atoms with van der Waals surface area (Å²) in [5, 5.41) is 3.69. The molecule has 21 heavy (non-hydrogen) atoms. The van der Waals surface area contributed by atoms with E-state index in [0.29, 0.717) is 21.3 Å². The summed E-state index contributed by atoms with van der Waals surface area (Å²) in [6, 6.07) is 3.39. The first-order valence-corrected chi connectivity index (χ1v) is 8.32. The Kier molecular flexibility index (Phi) is 5.77. The summed E-state index contributed by atoms with van der Waals surface area (Å²) < 4.78 is 0. The molecule has 1 amide bonds. The van der Waals surface area contributed by atoms with Gasteiger partial charge in [-0.3, -0.25) is 4.79 Å². The van der Waals surface area contributed by atoms with Gasteiger partial charge >= 0.3 is 0 Å². The van der Waals surface area contributed by atoms with Gasteiger partial charge in [0.2, 0.25) is 0 Å². The van der Waals surface area contributed by atoms with Gasteiger partial charge in [-0.2, -0.15) is 0 Å². The molecular formula is C16H22Cl2N2O. The van der Waals surface area contributed by atoms with E-state index in [-0.39, 0.29) is 11.9 Å². The topological polar surface area (TPSA) is 55.1 Å². The van der Waals surface area contributed by atoms with Crippen LogP contribution in [0.2, 0.25) is 10.0 Å². The molecule has 0 aromatic heterocycles. The first kappa shape index (κ1) is 16.4. The number of rotatable bonds is 4. The number of nitrogen functional groups attached to an aromatic ring is 1. The molecule has 2 rings (SSSR count). The summed E-state index contributed by atoms with van der Waals surface area (Å²) in [5.74, 6) is 0.697. The largest absolute Gasteiger partial charge is 0.397 e. The van der Waals surface area contributed by atoms with Crippen LogP contribution in [0.15, 0.2) is 12.1 Å². The van der Waals surface area contributed by atoms with Gasteiger partial charge in [0.25, 0.3) is 5.91 Å². The molecule has 5 heteroatoms. The summed E-state index contributed by atoms with van der Waals surface area (Å²) in [4.78, 5) is 12.3. The van der Waals surface area contributed by atoms with Gasteiger partial charge in [0.1, 0.15) is 0 Å². The third-order valence-corrected chi connectivity index (χ3v) is 5.01. The van der Waals surface area contributed by atoms with Gasteiger partial charge in [-0.05, 0) is 43.7 Å². The first-order valence-electron chi connectivity index (χ1n) is 7.56. The van der Waals surface area contributed by atoms with E-state index in [0.717, 1.165) is 18.8 Å². The predicted octanol–water partition coefficient (Wildman–Crippen LogP) is 4.66. The van der Waals surface area contributed by atoms with Crippen molar-refractivity contribution in [3.63, 3.8) is 0 Å². The van der Waals surface area contributed by atoms with Crippen LogP contribution in [0.4, 0.5) is 5.69 Å². The van der Waals surface area contributed by atoms with Gasteiger partial charge in [-0.15, -0.1) is 0 Å². The highest BCUT2D eigenvalue weighted by molar-refractivity contribution is 6.43. The van der Waals surface area contributed by atoms with Crippen LogP contribution < -0.4 is 11.1 Å². The quantitative estimate of drug-likeness (QED) is 0.789. The molecule has 1 aromatic carbocycles. The molecule has 0 atom stereocenters. The number of benzene rings is 1. The van der Waals surface area contributed by atoms with E-state index in [9.17, 15) is 4.79 Å². The molecule has 1 aliphatic rings. The molecule has 0 aliphatic heterocycles. The van der Waals surface area contributed by atoms with Crippen LogP contribution in [-0.2, 0) is 0 Å². The van der Waals surface area contributed by atoms with Crippen LogP contribution in [0, 0.1) is 5.92 Å². The number of hydrogen-bond donors (Lipinski definition) is 2. The second kappa shape index (κ2) is 7.37. The van der Waals surface area contributed by atoms with Crippen LogP contribution in [0.3, 0.4) is 0 Å². The molecule has 0 heterocycles. The fourth-order valence-electron chi connectivity index (χ4n) is 3.01. The Morgan fingerprint density at radius 1 is 1.29 bits per heavy atom. The third kappa shape index (κ3) is 4.27. The van der Waals surface area contributed by atoms with Gasteiger partial charge in [0.15, 0.2) is 0 Å². The van der Waals surface area contributed by atoms with Crippen molar-refractivity contribution in [3.05, 3.63) is 27.7 Å². The minimum Gasteiger partial charge on any atom is -0.397 e. The molecule has 3 nitrogen and oxygen atoms in total. The van der Waals surface area contributed by atoms with Gasteiger partial charge in [0, 0.05) is 11.6 Å². The summed E-state index contributed by atoms with van der Waals surface area (Å²) in [6.07, 6.45) is 7.03. The van der Waals surface area contributed by atoms with Crippen LogP contribution in [0.1, 0.15) is 55.8 Å². The predicted molar refractivity (Wildman–Crippen MR) is 89.0 cm³/mol. The highest BCUT2D eigenvalue weighted by Gasteiger charge is 2.22. The molecule has 1 aromatic rings. The summed E-state index contributed by atoms with van der Waals surface area (Å²) in [6.45, 7) is 2.22. The van der Waals surface area contributed by atoms with Crippen LogP contribution in [0.25, 0.3) is 0 Å². The normalized spacial score (nSPS) is 22.0. The van der Waals surface area contributed by atoms with Crippen molar-refractivity contribution in [1.29, 1.82) is 0 Å². The molecule has 116 valence electrons. The van der Waals surface area contributed by atoms with Crippen LogP contribution >= 0.6 is 23.2 Å². The minimum atomic E-state index is -0.126. The lowest BCUT2D eigenvalue weighted by Gasteiger charge is -2.29. The number of carbonyl (C=O) groups excluding carboxylic acids is 1. The number of anilines is 1. The minimum absolute atomic E-state index is 0.126. The van der Waals surface area contributed by atoms with Crippen molar-refractivity contribution in [2.24, 2.45) is 5.92 Å². The SMILES string of the molecule is CCCC1CCC(NC(=O)c2cc(N)c(Cl)c(Cl)c2)CC1. The van der Waals surface area contributed by atoms with Crippen molar-refractivity contribution < 1.29 is 4.79 Å². The molecule has 1 saturated carbocycles. The molecular weight excluding hydrogens is 307 g/mol. The highest BCUT2D eigenvalue weighted by atomic mass is 35.5. The third-order valence-electron chi connectivity index (χ3n) is 4.20. The number of nitrogens with one attached hydrogen (secondary N) is 1. The smallest absolute Gasteiger partial charge is 0.251 e. The van der Waals surface area contributed by atoms with E-state index in [1.165, 1.54) is 25.7 Å². The molecule has 0 saturated heterocycles. The molecule has 0 unspecified atom stereocenters.